The summed E-state index contributed by atoms with van der Waals surface area (Å²) >= 11 is 1.78. The number of aromatic nitrogens is 1. The Morgan fingerprint density at radius 1 is 1.21 bits per heavy atom. The van der Waals surface area contributed by atoms with Crippen LogP contribution in [-0.2, 0) is 9.59 Å². The zero-order valence-electron chi connectivity index (χ0n) is 16.6. The molecule has 2 aliphatic rings. The molecule has 0 spiro atoms. The zero-order valence-corrected chi connectivity index (χ0v) is 17.4. The van der Waals surface area contributed by atoms with E-state index in [1.165, 1.54) is 22.5 Å². The maximum Gasteiger partial charge on any atom is 0.312 e. The zero-order chi connectivity index (χ0) is 19.8. The summed E-state index contributed by atoms with van der Waals surface area (Å²) in [5.74, 6) is -0.584. The topological polar surface area (TPSA) is 79.5 Å². The van der Waals surface area contributed by atoms with Crippen LogP contribution in [-0.4, -0.2) is 53.3 Å². The molecule has 0 bridgehead atoms. The molecule has 2 aromatic rings. The number of thiazole rings is 1. The monoisotopic (exact) mass is 400 g/mol. The van der Waals surface area contributed by atoms with Crippen LogP contribution in [0.2, 0.25) is 0 Å². The average molecular weight is 401 g/mol. The Kier molecular flexibility index (Phi) is 5.38. The van der Waals surface area contributed by atoms with Gasteiger partial charge >= 0.3 is 11.8 Å². The van der Waals surface area contributed by atoms with E-state index in [9.17, 15) is 9.59 Å². The van der Waals surface area contributed by atoms with E-state index in [0.717, 1.165) is 37.0 Å². The average Bonchev–Trinajstić information content (AvgIpc) is 3.10. The van der Waals surface area contributed by atoms with E-state index in [2.05, 4.69) is 37.1 Å². The summed E-state index contributed by atoms with van der Waals surface area (Å²) < 4.78 is 1.18. The molecular formula is C21H28N4O2S. The van der Waals surface area contributed by atoms with Crippen molar-refractivity contribution >= 4 is 33.4 Å². The Morgan fingerprint density at radius 3 is 2.79 bits per heavy atom. The highest BCUT2D eigenvalue weighted by Gasteiger charge is 2.33. The minimum atomic E-state index is -0.877. The van der Waals surface area contributed by atoms with Crippen LogP contribution < -0.4 is 5.73 Å². The molecule has 1 aromatic carbocycles. The highest BCUT2D eigenvalue weighted by atomic mass is 32.1. The van der Waals surface area contributed by atoms with E-state index < -0.39 is 11.8 Å². The second kappa shape index (κ2) is 7.79. The molecule has 0 aliphatic carbocycles. The van der Waals surface area contributed by atoms with Crippen LogP contribution in [0.1, 0.15) is 55.1 Å². The number of carbonyl (C=O) groups excluding carboxylic acids is 2. The molecule has 4 rings (SSSR count). The van der Waals surface area contributed by atoms with Crippen molar-refractivity contribution in [2.45, 2.75) is 44.6 Å². The van der Waals surface area contributed by atoms with Gasteiger partial charge in [-0.05, 0) is 62.9 Å². The summed E-state index contributed by atoms with van der Waals surface area (Å²) in [5.41, 5.74) is 7.34. The van der Waals surface area contributed by atoms with Crippen LogP contribution in [0.5, 0.6) is 0 Å². The summed E-state index contributed by atoms with van der Waals surface area (Å²) in [5, 5.41) is 1.21. The van der Waals surface area contributed by atoms with Gasteiger partial charge in [0.15, 0.2) is 0 Å². The van der Waals surface area contributed by atoms with Crippen LogP contribution in [0.3, 0.4) is 0 Å². The first-order chi connectivity index (χ1) is 13.4. The molecule has 3 heterocycles. The van der Waals surface area contributed by atoms with E-state index in [1.807, 2.05) is 0 Å². The highest BCUT2D eigenvalue weighted by molar-refractivity contribution is 7.18. The third-order valence-electron chi connectivity index (χ3n) is 6.08. The molecule has 1 aromatic heterocycles. The fourth-order valence-corrected chi connectivity index (χ4v) is 5.65. The second-order valence-corrected chi connectivity index (χ2v) is 9.46. The number of amides is 2. The number of benzene rings is 1. The van der Waals surface area contributed by atoms with Crippen molar-refractivity contribution in [1.82, 2.24) is 14.8 Å². The Bertz CT molecular complexity index is 896. The number of rotatable bonds is 2. The Hall–Kier alpha value is -1.99. The maximum atomic E-state index is 12.4. The van der Waals surface area contributed by atoms with Gasteiger partial charge in [0.05, 0.1) is 21.3 Å². The SMILES string of the molecule is C[C@H]1CC[C@H](c2ccc3sc(C4CCCN(C)C4)nc3c2)N(C(=O)C(N)=O)C1. The molecule has 2 aliphatic heterocycles. The minimum absolute atomic E-state index is 0.105. The molecule has 0 radical (unpaired) electrons. The van der Waals surface area contributed by atoms with E-state index in [4.69, 9.17) is 10.7 Å². The van der Waals surface area contributed by atoms with Gasteiger partial charge in [-0.3, -0.25) is 9.59 Å². The molecule has 150 valence electrons. The van der Waals surface area contributed by atoms with Gasteiger partial charge in [-0.25, -0.2) is 4.98 Å². The first-order valence-electron chi connectivity index (χ1n) is 10.1. The van der Waals surface area contributed by atoms with Gasteiger partial charge in [0.1, 0.15) is 0 Å². The molecular weight excluding hydrogens is 372 g/mol. The molecule has 2 amide bonds. The minimum Gasteiger partial charge on any atom is -0.361 e. The number of nitrogens with two attached hydrogens (primary N) is 1. The van der Waals surface area contributed by atoms with Crippen molar-refractivity contribution in [3.05, 3.63) is 28.8 Å². The van der Waals surface area contributed by atoms with Gasteiger partial charge in [0, 0.05) is 19.0 Å². The lowest BCUT2D eigenvalue weighted by atomic mass is 9.89. The van der Waals surface area contributed by atoms with Crippen molar-refractivity contribution in [1.29, 1.82) is 0 Å². The highest BCUT2D eigenvalue weighted by Crippen LogP contribution is 2.37. The van der Waals surface area contributed by atoms with Gasteiger partial charge in [-0.1, -0.05) is 13.0 Å². The number of piperidine rings is 2. The molecule has 7 heteroatoms. The van der Waals surface area contributed by atoms with E-state index in [-0.39, 0.29) is 6.04 Å². The quantitative estimate of drug-likeness (QED) is 0.786. The number of fused-ring (bicyclic) bond motifs is 1. The van der Waals surface area contributed by atoms with Gasteiger partial charge in [-0.15, -0.1) is 11.3 Å². The van der Waals surface area contributed by atoms with E-state index in [0.29, 0.717) is 18.4 Å². The maximum absolute atomic E-state index is 12.4. The Balaban J connectivity index is 1.63. The van der Waals surface area contributed by atoms with Gasteiger partial charge in [-0.2, -0.15) is 0 Å². The first-order valence-corrected chi connectivity index (χ1v) is 10.9. The van der Waals surface area contributed by atoms with Gasteiger partial charge in [0.25, 0.3) is 0 Å². The number of hydrogen-bond acceptors (Lipinski definition) is 5. The third-order valence-corrected chi connectivity index (χ3v) is 7.27. The fourth-order valence-electron chi connectivity index (χ4n) is 4.58. The molecule has 2 fully saturated rings. The number of primary amides is 1. The number of hydrogen-bond donors (Lipinski definition) is 1. The predicted octanol–water partition coefficient (Wildman–Crippen LogP) is 2.89. The van der Waals surface area contributed by atoms with E-state index in [1.54, 1.807) is 16.2 Å². The molecule has 6 nitrogen and oxygen atoms in total. The smallest absolute Gasteiger partial charge is 0.312 e. The second-order valence-electron chi connectivity index (χ2n) is 8.40. The normalized spacial score (nSPS) is 26.5. The summed E-state index contributed by atoms with van der Waals surface area (Å²) in [7, 11) is 2.17. The van der Waals surface area contributed by atoms with Crippen LogP contribution in [0.25, 0.3) is 10.2 Å². The molecule has 3 atom stereocenters. The summed E-state index contributed by atoms with van der Waals surface area (Å²) in [6.45, 7) is 4.90. The Labute approximate surface area is 169 Å². The van der Waals surface area contributed by atoms with E-state index >= 15 is 0 Å². The summed E-state index contributed by atoms with van der Waals surface area (Å²) in [4.78, 5) is 32.9. The number of likely N-dealkylation sites (tertiary alicyclic amines) is 2. The standard InChI is InChI=1S/C21H28N4O2S/c1-13-5-7-17(25(11-13)21(27)19(22)26)14-6-8-18-16(10-14)23-20(28-18)15-4-3-9-24(2)12-15/h6,8,10,13,15,17H,3-5,7,9,11-12H2,1-2H3,(H2,22,26)/t13-,15?,17+/m0/s1. The van der Waals surface area contributed by atoms with Crippen LogP contribution in [0.4, 0.5) is 0 Å². The largest absolute Gasteiger partial charge is 0.361 e. The molecule has 1 unspecified atom stereocenters. The lowest BCUT2D eigenvalue weighted by molar-refractivity contribution is -0.147. The van der Waals surface area contributed by atoms with Crippen LogP contribution >= 0.6 is 11.3 Å². The van der Waals surface area contributed by atoms with Crippen molar-refractivity contribution in [2.24, 2.45) is 11.7 Å². The van der Waals surface area contributed by atoms with Crippen molar-refractivity contribution < 1.29 is 9.59 Å². The lowest BCUT2D eigenvalue weighted by Crippen LogP contribution is -2.46. The predicted molar refractivity (Wildman–Crippen MR) is 111 cm³/mol. The lowest BCUT2D eigenvalue weighted by Gasteiger charge is -2.38. The van der Waals surface area contributed by atoms with Crippen molar-refractivity contribution in [3.63, 3.8) is 0 Å². The summed E-state index contributed by atoms with van der Waals surface area (Å²) in [6, 6.07) is 6.19. The van der Waals surface area contributed by atoms with Gasteiger partial charge in [0.2, 0.25) is 0 Å². The number of likely N-dealkylation sites (N-methyl/N-ethyl adjacent to an activating group) is 1. The Morgan fingerprint density at radius 2 is 2.04 bits per heavy atom. The van der Waals surface area contributed by atoms with Crippen molar-refractivity contribution in [2.75, 3.05) is 26.7 Å². The fraction of sp³-hybridized carbons (Fsp3) is 0.571. The molecule has 28 heavy (non-hydrogen) atoms. The number of nitrogens with zero attached hydrogens (tertiary/aromatic N) is 3. The first kappa shape index (κ1) is 19.3. The van der Waals surface area contributed by atoms with Crippen molar-refractivity contribution in [3.8, 4) is 0 Å². The van der Waals surface area contributed by atoms with Crippen LogP contribution in [0.15, 0.2) is 18.2 Å². The number of carbonyl (C=O) groups is 2. The molecule has 0 saturated carbocycles. The van der Waals surface area contributed by atoms with Crippen LogP contribution in [0, 0.1) is 5.92 Å². The van der Waals surface area contributed by atoms with Gasteiger partial charge < -0.3 is 15.5 Å². The summed E-state index contributed by atoms with van der Waals surface area (Å²) in [6.07, 6.45) is 4.28. The third kappa shape index (κ3) is 3.78. The molecule has 2 N–H and O–H groups in total. The molecule has 2 saturated heterocycles.